The summed E-state index contributed by atoms with van der Waals surface area (Å²) in [7, 11) is 0. The van der Waals surface area contributed by atoms with Gasteiger partial charge in [-0.25, -0.2) is 14.6 Å². The number of piperazine rings is 1. The first kappa shape index (κ1) is 19.2. The van der Waals surface area contributed by atoms with E-state index in [-0.39, 0.29) is 18.0 Å². The molecule has 2 aliphatic rings. The summed E-state index contributed by atoms with van der Waals surface area (Å²) in [6.07, 6.45) is 2.58. The lowest BCUT2D eigenvalue weighted by molar-refractivity contribution is -0.896. The van der Waals surface area contributed by atoms with E-state index in [1.165, 1.54) is 4.90 Å². The van der Waals surface area contributed by atoms with E-state index in [4.69, 9.17) is 4.74 Å². The van der Waals surface area contributed by atoms with Gasteiger partial charge in [-0.1, -0.05) is 13.0 Å². The number of H-pyrrole nitrogens is 1. The minimum Gasteiger partial charge on any atom is -0.463 e. The lowest BCUT2D eigenvalue weighted by atomic mass is 10.00. The van der Waals surface area contributed by atoms with Gasteiger partial charge in [0.05, 0.1) is 30.1 Å². The number of amides is 2. The summed E-state index contributed by atoms with van der Waals surface area (Å²) in [5, 5.41) is 5.67. The van der Waals surface area contributed by atoms with E-state index in [9.17, 15) is 9.59 Å². The van der Waals surface area contributed by atoms with Crippen LogP contribution in [0.15, 0.2) is 35.7 Å². The van der Waals surface area contributed by atoms with Crippen LogP contribution in [-0.2, 0) is 9.53 Å². The standard InChI is InChI=1S/C19H27N5O3/c1-3-14-17(18(25)27-4-2)15(22-19(26)21-14)13-23-9-11-24(12-10-23)16-7-5-6-8-20-16/h5-8,14H,3-4,9-13H2,1-2H3,(H2,21,22,26)/p+2/t14-/m1/s1. The molecular weight excluding hydrogens is 346 g/mol. The van der Waals surface area contributed by atoms with E-state index in [0.29, 0.717) is 30.8 Å². The van der Waals surface area contributed by atoms with Gasteiger partial charge in [-0.3, -0.25) is 4.90 Å². The van der Waals surface area contributed by atoms with Gasteiger partial charge < -0.3 is 20.3 Å². The highest BCUT2D eigenvalue weighted by atomic mass is 16.5. The Labute approximate surface area is 159 Å². The van der Waals surface area contributed by atoms with Gasteiger partial charge in [-0.05, 0) is 19.4 Å². The zero-order chi connectivity index (χ0) is 19.2. The van der Waals surface area contributed by atoms with Crippen molar-refractivity contribution in [2.45, 2.75) is 26.3 Å². The fourth-order valence-corrected chi connectivity index (χ4v) is 3.67. The lowest BCUT2D eigenvalue weighted by Crippen LogP contribution is -3.15. The highest BCUT2D eigenvalue weighted by Gasteiger charge is 2.34. The fraction of sp³-hybridized carbons (Fsp3) is 0.526. The largest absolute Gasteiger partial charge is 0.463 e. The highest BCUT2D eigenvalue weighted by molar-refractivity contribution is 5.94. The van der Waals surface area contributed by atoms with E-state index in [1.54, 1.807) is 6.92 Å². The van der Waals surface area contributed by atoms with Crippen LogP contribution in [0.5, 0.6) is 0 Å². The minimum absolute atomic E-state index is 0.248. The van der Waals surface area contributed by atoms with Crippen LogP contribution in [0.2, 0.25) is 0 Å². The van der Waals surface area contributed by atoms with Gasteiger partial charge >= 0.3 is 12.0 Å². The van der Waals surface area contributed by atoms with Crippen LogP contribution in [0, 0.1) is 0 Å². The molecule has 1 saturated heterocycles. The first-order chi connectivity index (χ1) is 13.1. The molecule has 0 aliphatic carbocycles. The topological polar surface area (TPSA) is 89.2 Å². The Morgan fingerprint density at radius 1 is 1.33 bits per heavy atom. The number of urea groups is 1. The fourth-order valence-electron chi connectivity index (χ4n) is 3.67. The van der Waals surface area contributed by atoms with Crippen molar-refractivity contribution >= 4 is 17.8 Å². The monoisotopic (exact) mass is 375 g/mol. The van der Waals surface area contributed by atoms with E-state index < -0.39 is 0 Å². The molecule has 0 radical (unpaired) electrons. The SMILES string of the molecule is CCOC(=O)C1=C(C[NH+]2CCN(c3cccc[nH+]3)CC2)NC(=O)N[C@@H]1CC. The molecule has 3 heterocycles. The number of esters is 1. The van der Waals surface area contributed by atoms with Crippen molar-refractivity contribution in [1.29, 1.82) is 0 Å². The minimum atomic E-state index is -0.344. The number of hydrogen-bond acceptors (Lipinski definition) is 4. The van der Waals surface area contributed by atoms with E-state index in [0.717, 1.165) is 32.0 Å². The summed E-state index contributed by atoms with van der Waals surface area (Å²) in [5.74, 6) is 0.771. The number of quaternary nitrogens is 1. The number of anilines is 1. The number of aromatic nitrogens is 1. The average Bonchev–Trinajstić information content (AvgIpc) is 2.69. The maximum Gasteiger partial charge on any atom is 0.338 e. The molecule has 0 unspecified atom stereocenters. The Hall–Kier alpha value is -2.61. The Bertz CT molecular complexity index is 699. The van der Waals surface area contributed by atoms with Gasteiger partial charge in [0.2, 0.25) is 0 Å². The normalized spacial score (nSPS) is 20.9. The van der Waals surface area contributed by atoms with Crippen LogP contribution in [0.3, 0.4) is 0 Å². The molecule has 3 rings (SSSR count). The predicted molar refractivity (Wildman–Crippen MR) is 100 cm³/mol. The third kappa shape index (κ3) is 4.57. The lowest BCUT2D eigenvalue weighted by Gasteiger charge is -2.32. The number of carbonyl (C=O) groups is 2. The van der Waals surface area contributed by atoms with Crippen LogP contribution >= 0.6 is 0 Å². The molecule has 1 atom stereocenters. The van der Waals surface area contributed by atoms with Crippen LogP contribution in [0.25, 0.3) is 0 Å². The molecule has 2 aliphatic heterocycles. The predicted octanol–water partition coefficient (Wildman–Crippen LogP) is -0.886. The molecule has 2 amide bonds. The highest BCUT2D eigenvalue weighted by Crippen LogP contribution is 2.16. The van der Waals surface area contributed by atoms with Crippen molar-refractivity contribution in [2.24, 2.45) is 0 Å². The van der Waals surface area contributed by atoms with E-state index in [2.05, 4.69) is 26.6 Å². The van der Waals surface area contributed by atoms with Crippen molar-refractivity contribution in [3.63, 3.8) is 0 Å². The second kappa shape index (κ2) is 8.85. The summed E-state index contributed by atoms with van der Waals surface area (Å²) < 4.78 is 5.23. The van der Waals surface area contributed by atoms with Crippen LogP contribution in [0.1, 0.15) is 20.3 Å². The van der Waals surface area contributed by atoms with Crippen LogP contribution in [-0.4, -0.2) is 57.4 Å². The van der Waals surface area contributed by atoms with Crippen molar-refractivity contribution in [3.05, 3.63) is 35.7 Å². The number of nitrogens with zero attached hydrogens (tertiary/aromatic N) is 1. The molecule has 27 heavy (non-hydrogen) atoms. The molecule has 4 N–H and O–H groups in total. The molecule has 0 saturated carbocycles. The van der Waals surface area contributed by atoms with Gasteiger partial charge in [0.25, 0.3) is 5.82 Å². The quantitative estimate of drug-likeness (QED) is 0.563. The van der Waals surface area contributed by atoms with Gasteiger partial charge in [0.15, 0.2) is 0 Å². The third-order valence-electron chi connectivity index (χ3n) is 5.08. The summed E-state index contributed by atoms with van der Waals surface area (Å²) in [4.78, 5) is 31.4. The second-order valence-corrected chi connectivity index (χ2v) is 6.83. The summed E-state index contributed by atoms with van der Waals surface area (Å²) in [5.41, 5.74) is 1.25. The Balaban J connectivity index is 1.70. The number of ether oxygens (including phenoxy) is 1. The van der Waals surface area contributed by atoms with Gasteiger partial charge in [-0.15, -0.1) is 0 Å². The Kier molecular flexibility index (Phi) is 6.28. The summed E-state index contributed by atoms with van der Waals surface area (Å²) in [6.45, 7) is 8.38. The zero-order valence-electron chi connectivity index (χ0n) is 16.0. The molecule has 1 aromatic heterocycles. The molecule has 0 spiro atoms. The Morgan fingerprint density at radius 3 is 2.74 bits per heavy atom. The smallest absolute Gasteiger partial charge is 0.338 e. The average molecular weight is 375 g/mol. The van der Waals surface area contributed by atoms with Crippen LogP contribution in [0.4, 0.5) is 10.6 Å². The van der Waals surface area contributed by atoms with Crippen molar-refractivity contribution in [3.8, 4) is 0 Å². The molecule has 8 heteroatoms. The number of hydrogen-bond donors (Lipinski definition) is 3. The molecular formula is C19H29N5O3+2. The molecule has 0 bridgehead atoms. The molecule has 0 aromatic carbocycles. The third-order valence-corrected chi connectivity index (χ3v) is 5.08. The van der Waals surface area contributed by atoms with Gasteiger partial charge in [0.1, 0.15) is 32.7 Å². The molecule has 1 aromatic rings. The van der Waals surface area contributed by atoms with E-state index >= 15 is 0 Å². The summed E-state index contributed by atoms with van der Waals surface area (Å²) in [6, 6.07) is 5.52. The number of pyridine rings is 1. The number of carbonyl (C=O) groups excluding carboxylic acids is 2. The summed E-state index contributed by atoms with van der Waals surface area (Å²) >= 11 is 0. The van der Waals surface area contributed by atoms with Crippen molar-refractivity contribution in [1.82, 2.24) is 10.6 Å². The van der Waals surface area contributed by atoms with Gasteiger partial charge in [0, 0.05) is 6.07 Å². The molecule has 8 nitrogen and oxygen atoms in total. The number of nitrogens with one attached hydrogen (secondary N) is 4. The number of aromatic amines is 1. The second-order valence-electron chi connectivity index (χ2n) is 6.83. The van der Waals surface area contributed by atoms with Crippen molar-refractivity contribution in [2.75, 3.05) is 44.2 Å². The number of rotatable bonds is 6. The van der Waals surface area contributed by atoms with E-state index in [1.807, 2.05) is 25.3 Å². The zero-order valence-corrected chi connectivity index (χ0v) is 16.0. The van der Waals surface area contributed by atoms with Crippen LogP contribution < -0.4 is 25.4 Å². The van der Waals surface area contributed by atoms with Gasteiger partial charge in [-0.2, -0.15) is 0 Å². The first-order valence-corrected chi connectivity index (χ1v) is 9.65. The Morgan fingerprint density at radius 2 is 2.11 bits per heavy atom. The van der Waals surface area contributed by atoms with Crippen molar-refractivity contribution < 1.29 is 24.2 Å². The maximum atomic E-state index is 12.5. The maximum absolute atomic E-state index is 12.5. The molecule has 1 fully saturated rings. The first-order valence-electron chi connectivity index (χ1n) is 9.65. The molecule has 146 valence electrons.